The molecule has 308 valence electrons. The van der Waals surface area contributed by atoms with Crippen molar-refractivity contribution < 1.29 is 33.8 Å². The minimum absolute atomic E-state index is 0. The maximum Gasteiger partial charge on any atom is 0.410 e. The summed E-state index contributed by atoms with van der Waals surface area (Å²) in [5.74, 6) is 0.982. The maximum atomic E-state index is 14.2. The summed E-state index contributed by atoms with van der Waals surface area (Å²) in [6.45, 7) is 11.1. The molecule has 12 nitrogen and oxygen atoms in total. The number of amides is 4. The van der Waals surface area contributed by atoms with Crippen LogP contribution in [-0.4, -0.2) is 120 Å². The van der Waals surface area contributed by atoms with Crippen molar-refractivity contribution >= 4 is 29.7 Å². The fraction of sp³-hybridized carbons (Fsp3) is 0.636. The number of phenols is 1. The minimum Gasteiger partial charge on any atom is -0.507 e. The van der Waals surface area contributed by atoms with Gasteiger partial charge in [0.05, 0.1) is 13.2 Å². The first-order valence-corrected chi connectivity index (χ1v) is 20.7. The van der Waals surface area contributed by atoms with Crippen molar-refractivity contribution in [2.45, 2.75) is 111 Å². The average Bonchev–Trinajstić information content (AvgIpc) is 3.36. The van der Waals surface area contributed by atoms with Crippen molar-refractivity contribution in [1.29, 1.82) is 0 Å². The van der Waals surface area contributed by atoms with Crippen LogP contribution in [0.4, 0.5) is 15.3 Å². The molecule has 12 heteroatoms. The number of rotatable bonds is 12. The van der Waals surface area contributed by atoms with Crippen LogP contribution in [0.3, 0.4) is 0 Å². The molecule has 56 heavy (non-hydrogen) atoms. The molecule has 0 bridgehead atoms. The Kier molecular flexibility index (Phi) is 15.4. The molecule has 0 radical (unpaired) electrons. The van der Waals surface area contributed by atoms with Crippen LogP contribution in [0.5, 0.6) is 5.75 Å². The predicted octanol–water partition coefficient (Wildman–Crippen LogP) is 6.93. The molecule has 1 atom stereocenters. The number of nitrogens with one attached hydrogen (secondary N) is 1. The van der Waals surface area contributed by atoms with E-state index in [4.69, 9.17) is 9.47 Å². The molecule has 3 fully saturated rings. The third-order valence-corrected chi connectivity index (χ3v) is 12.3. The fourth-order valence-electron chi connectivity index (χ4n) is 8.99. The lowest BCUT2D eigenvalue weighted by molar-refractivity contribution is -0.145. The number of benzene rings is 2. The molecule has 0 saturated carbocycles. The summed E-state index contributed by atoms with van der Waals surface area (Å²) < 4.78 is 11.5. The van der Waals surface area contributed by atoms with E-state index in [0.29, 0.717) is 81.7 Å². The number of hydrogen-bond acceptors (Lipinski definition) is 8. The number of unbranched alkanes of at least 4 members (excludes halogenated alkanes) is 2. The van der Waals surface area contributed by atoms with E-state index in [1.54, 1.807) is 4.90 Å². The van der Waals surface area contributed by atoms with E-state index < -0.39 is 12.2 Å². The SMILES string of the molecule is C.CCCCCOC(=O)CN1CCC(C2CCN(C(=O)[C@@H](Cc3cc(C)c(O)c(C)c3)OC(=O)N3CCC(N4CCc5ccccc5NC4=O)CC3)CC2)CC1. The van der Waals surface area contributed by atoms with Crippen LogP contribution in [0.1, 0.15) is 94.4 Å². The molecule has 2 aromatic carbocycles. The molecule has 4 aliphatic rings. The minimum atomic E-state index is -0.995. The van der Waals surface area contributed by atoms with Crippen LogP contribution in [-0.2, 0) is 31.9 Å². The molecule has 0 unspecified atom stereocenters. The lowest BCUT2D eigenvalue weighted by atomic mass is 9.78. The van der Waals surface area contributed by atoms with Gasteiger partial charge in [-0.15, -0.1) is 0 Å². The van der Waals surface area contributed by atoms with Gasteiger partial charge in [0.15, 0.2) is 6.10 Å². The molecule has 0 aromatic heterocycles. The van der Waals surface area contributed by atoms with Crippen molar-refractivity contribution in [3.8, 4) is 5.75 Å². The number of anilines is 1. The molecule has 4 amide bonds. The second kappa shape index (κ2) is 20.2. The smallest absolute Gasteiger partial charge is 0.410 e. The van der Waals surface area contributed by atoms with Crippen LogP contribution < -0.4 is 5.32 Å². The van der Waals surface area contributed by atoms with Gasteiger partial charge in [-0.05, 0) is 118 Å². The second-order valence-electron chi connectivity index (χ2n) is 16.1. The topological polar surface area (TPSA) is 132 Å². The number of aryl methyl sites for hydroxylation is 2. The van der Waals surface area contributed by atoms with E-state index >= 15 is 0 Å². The third kappa shape index (κ3) is 11.0. The van der Waals surface area contributed by atoms with Gasteiger partial charge in [0.25, 0.3) is 5.91 Å². The summed E-state index contributed by atoms with van der Waals surface area (Å²) in [6, 6.07) is 11.5. The standard InChI is InChI=1S/C43H61N5O7.CH4/c1-4-5-8-25-54-39(49)29-45-18-11-33(12-19-45)34-13-20-46(21-14-34)41(51)38(28-32-26-30(2)40(50)31(3)27-32)55-43(53)47-22-16-36(17-23-47)48-24-15-35-9-6-7-10-37(35)44-42(48)52;/h6-7,9-10,26-27,33-34,36,38,50H,4-5,8,11-25,28-29H2,1-3H3,(H,44,52);1H4/t38-;/m1./s1. The van der Waals surface area contributed by atoms with Crippen molar-refractivity contribution in [2.24, 2.45) is 11.8 Å². The van der Waals surface area contributed by atoms with E-state index in [0.717, 1.165) is 81.3 Å². The van der Waals surface area contributed by atoms with Gasteiger partial charge in [0.1, 0.15) is 5.75 Å². The third-order valence-electron chi connectivity index (χ3n) is 12.3. The largest absolute Gasteiger partial charge is 0.507 e. The number of fused-ring (bicyclic) bond motifs is 1. The van der Waals surface area contributed by atoms with E-state index in [1.807, 2.05) is 60.0 Å². The van der Waals surface area contributed by atoms with Crippen molar-refractivity contribution in [1.82, 2.24) is 19.6 Å². The zero-order valence-corrected chi connectivity index (χ0v) is 33.1. The monoisotopic (exact) mass is 775 g/mol. The first-order chi connectivity index (χ1) is 26.6. The number of hydrogen-bond donors (Lipinski definition) is 2. The first kappa shape index (κ1) is 42.8. The van der Waals surface area contributed by atoms with Gasteiger partial charge in [-0.3, -0.25) is 14.5 Å². The van der Waals surface area contributed by atoms with Crippen molar-refractivity contribution in [3.63, 3.8) is 0 Å². The number of nitrogens with zero attached hydrogens (tertiary/aromatic N) is 4. The van der Waals surface area contributed by atoms with Gasteiger partial charge < -0.3 is 34.6 Å². The Morgan fingerprint density at radius 1 is 0.857 bits per heavy atom. The zero-order valence-electron chi connectivity index (χ0n) is 33.1. The molecule has 0 spiro atoms. The number of esters is 1. The highest BCUT2D eigenvalue weighted by Gasteiger charge is 2.37. The van der Waals surface area contributed by atoms with Gasteiger partial charge in [-0.25, -0.2) is 9.59 Å². The lowest BCUT2D eigenvalue weighted by Crippen LogP contribution is -2.52. The Morgan fingerprint density at radius 2 is 1.48 bits per heavy atom. The summed E-state index contributed by atoms with van der Waals surface area (Å²) in [7, 11) is 0. The quantitative estimate of drug-likeness (QED) is 0.175. The van der Waals surface area contributed by atoms with Gasteiger partial charge >= 0.3 is 18.1 Å². The molecule has 6 rings (SSSR count). The van der Waals surface area contributed by atoms with Gasteiger partial charge in [-0.1, -0.05) is 57.5 Å². The van der Waals surface area contributed by atoms with E-state index in [1.165, 1.54) is 0 Å². The Labute approximate surface area is 333 Å². The fourth-order valence-corrected chi connectivity index (χ4v) is 8.99. The summed E-state index contributed by atoms with van der Waals surface area (Å²) in [5, 5.41) is 13.5. The van der Waals surface area contributed by atoms with E-state index in [-0.39, 0.29) is 43.5 Å². The van der Waals surface area contributed by atoms with Crippen LogP contribution >= 0.6 is 0 Å². The molecular weight excluding hydrogens is 711 g/mol. The molecule has 2 aromatic rings. The van der Waals surface area contributed by atoms with E-state index in [9.17, 15) is 24.3 Å². The summed E-state index contributed by atoms with van der Waals surface area (Å²) in [4.78, 5) is 61.0. The number of carbonyl (C=O) groups is 4. The van der Waals surface area contributed by atoms with Crippen LogP contribution in [0, 0.1) is 25.7 Å². The predicted molar refractivity (Wildman–Crippen MR) is 218 cm³/mol. The van der Waals surface area contributed by atoms with Crippen molar-refractivity contribution in [3.05, 3.63) is 58.7 Å². The van der Waals surface area contributed by atoms with Crippen LogP contribution in [0.25, 0.3) is 0 Å². The van der Waals surface area contributed by atoms with Crippen molar-refractivity contribution in [2.75, 3.05) is 64.3 Å². The average molecular weight is 776 g/mol. The second-order valence-corrected chi connectivity index (χ2v) is 16.1. The highest BCUT2D eigenvalue weighted by Crippen LogP contribution is 2.33. The van der Waals surface area contributed by atoms with Gasteiger partial charge in [0, 0.05) is 50.9 Å². The highest BCUT2D eigenvalue weighted by molar-refractivity contribution is 5.91. The number of carbonyl (C=O) groups excluding carboxylic acids is 4. The molecule has 2 N–H and O–H groups in total. The summed E-state index contributed by atoms with van der Waals surface area (Å²) in [5.41, 5.74) is 4.23. The molecular formula is C44H65N5O7. The summed E-state index contributed by atoms with van der Waals surface area (Å²) in [6.07, 6.45) is 7.70. The molecule has 3 saturated heterocycles. The van der Waals surface area contributed by atoms with Gasteiger partial charge in [0.2, 0.25) is 0 Å². The molecule has 0 aliphatic carbocycles. The number of ether oxygens (including phenoxy) is 2. The Morgan fingerprint density at radius 3 is 2.14 bits per heavy atom. The van der Waals surface area contributed by atoms with Crippen LogP contribution in [0.15, 0.2) is 36.4 Å². The molecule has 4 aliphatic heterocycles. The van der Waals surface area contributed by atoms with Gasteiger partial charge in [-0.2, -0.15) is 0 Å². The molecule has 4 heterocycles. The first-order valence-electron chi connectivity index (χ1n) is 20.7. The Hall–Kier alpha value is -4.32. The number of urea groups is 1. The number of phenolic OH excluding ortho intramolecular Hbond substituents is 1. The number of piperidine rings is 3. The van der Waals surface area contributed by atoms with Crippen LogP contribution in [0.2, 0.25) is 0 Å². The highest BCUT2D eigenvalue weighted by atomic mass is 16.6. The normalized spacial score (nSPS) is 19.3. The number of aromatic hydroxyl groups is 1. The zero-order chi connectivity index (χ0) is 38.9. The number of para-hydroxylation sites is 1. The van der Waals surface area contributed by atoms with E-state index in [2.05, 4.69) is 17.1 Å². The lowest BCUT2D eigenvalue weighted by Gasteiger charge is -2.41. The Balaban J connectivity index is 0.00000600. The maximum absolute atomic E-state index is 14.2. The number of likely N-dealkylation sites (tertiary alicyclic amines) is 3. The Bertz CT molecular complexity index is 1620. The summed E-state index contributed by atoms with van der Waals surface area (Å²) >= 11 is 0.